The summed E-state index contributed by atoms with van der Waals surface area (Å²) in [4.78, 5) is 0. The fourth-order valence-corrected chi connectivity index (χ4v) is 1.58. The standard InChI is InChI=1S/C10H20O6/c1-5(2)4-15-9-6(3-11)16-10(14)8(13)7(9)12/h5-14H,3-4H2,1-2H3/t6?,7-,8?,9-,10+/m1/s1. The van der Waals surface area contributed by atoms with E-state index in [1.807, 2.05) is 13.8 Å². The molecule has 1 fully saturated rings. The monoisotopic (exact) mass is 236 g/mol. The van der Waals surface area contributed by atoms with Gasteiger partial charge in [-0.05, 0) is 5.92 Å². The molecule has 0 amide bonds. The Morgan fingerprint density at radius 3 is 2.31 bits per heavy atom. The smallest absolute Gasteiger partial charge is 0.184 e. The Hall–Kier alpha value is -0.240. The largest absolute Gasteiger partial charge is 0.394 e. The molecule has 5 atom stereocenters. The van der Waals surface area contributed by atoms with Gasteiger partial charge >= 0.3 is 0 Å². The van der Waals surface area contributed by atoms with Gasteiger partial charge in [0.05, 0.1) is 6.61 Å². The van der Waals surface area contributed by atoms with E-state index in [4.69, 9.17) is 14.6 Å². The summed E-state index contributed by atoms with van der Waals surface area (Å²) in [7, 11) is 0. The summed E-state index contributed by atoms with van der Waals surface area (Å²) >= 11 is 0. The summed E-state index contributed by atoms with van der Waals surface area (Å²) in [6, 6.07) is 0. The van der Waals surface area contributed by atoms with Gasteiger partial charge in [0, 0.05) is 6.61 Å². The van der Waals surface area contributed by atoms with Crippen LogP contribution < -0.4 is 0 Å². The lowest BCUT2D eigenvalue weighted by Crippen LogP contribution is -2.59. The van der Waals surface area contributed by atoms with Gasteiger partial charge in [-0.25, -0.2) is 0 Å². The Bertz CT molecular complexity index is 207. The van der Waals surface area contributed by atoms with Crippen LogP contribution in [0.4, 0.5) is 0 Å². The van der Waals surface area contributed by atoms with E-state index in [-0.39, 0.29) is 12.5 Å². The molecule has 1 heterocycles. The van der Waals surface area contributed by atoms with E-state index in [9.17, 15) is 15.3 Å². The third kappa shape index (κ3) is 3.13. The van der Waals surface area contributed by atoms with Crippen molar-refractivity contribution in [1.29, 1.82) is 0 Å². The third-order valence-electron chi connectivity index (χ3n) is 2.46. The molecule has 0 aromatic heterocycles. The van der Waals surface area contributed by atoms with Gasteiger partial charge in [0.25, 0.3) is 0 Å². The first kappa shape index (κ1) is 13.8. The van der Waals surface area contributed by atoms with E-state index in [1.165, 1.54) is 0 Å². The zero-order valence-corrected chi connectivity index (χ0v) is 9.48. The molecule has 4 N–H and O–H groups in total. The van der Waals surface area contributed by atoms with Crippen LogP contribution in [0.15, 0.2) is 0 Å². The van der Waals surface area contributed by atoms with Crippen LogP contribution in [-0.4, -0.2) is 64.3 Å². The molecule has 1 saturated heterocycles. The first-order valence-electron chi connectivity index (χ1n) is 5.39. The van der Waals surface area contributed by atoms with Crippen molar-refractivity contribution in [2.75, 3.05) is 13.2 Å². The molecule has 1 aliphatic heterocycles. The Labute approximate surface area is 94.4 Å². The molecule has 6 heteroatoms. The number of hydrogen-bond acceptors (Lipinski definition) is 6. The van der Waals surface area contributed by atoms with Crippen molar-refractivity contribution in [3.05, 3.63) is 0 Å². The lowest BCUT2D eigenvalue weighted by atomic mass is 9.99. The molecule has 0 aliphatic carbocycles. The van der Waals surface area contributed by atoms with Crippen molar-refractivity contribution in [1.82, 2.24) is 0 Å². The quantitative estimate of drug-likeness (QED) is 0.472. The van der Waals surface area contributed by atoms with Crippen molar-refractivity contribution in [3.63, 3.8) is 0 Å². The lowest BCUT2D eigenvalue weighted by molar-refractivity contribution is -0.295. The Morgan fingerprint density at radius 2 is 1.81 bits per heavy atom. The number of rotatable bonds is 4. The maximum absolute atomic E-state index is 9.70. The summed E-state index contributed by atoms with van der Waals surface area (Å²) in [5.41, 5.74) is 0. The molecule has 0 aromatic rings. The van der Waals surface area contributed by atoms with E-state index in [1.54, 1.807) is 0 Å². The minimum absolute atomic E-state index is 0.260. The third-order valence-corrected chi connectivity index (χ3v) is 2.46. The Morgan fingerprint density at radius 1 is 1.19 bits per heavy atom. The minimum Gasteiger partial charge on any atom is -0.394 e. The molecule has 1 rings (SSSR count). The van der Waals surface area contributed by atoms with E-state index in [2.05, 4.69) is 0 Å². The molecule has 0 aromatic carbocycles. The van der Waals surface area contributed by atoms with E-state index < -0.39 is 30.7 Å². The second-order valence-corrected chi connectivity index (χ2v) is 4.42. The molecule has 0 bridgehead atoms. The van der Waals surface area contributed by atoms with Crippen molar-refractivity contribution < 1.29 is 29.9 Å². The molecule has 0 saturated carbocycles. The number of aliphatic hydroxyl groups is 4. The average molecular weight is 236 g/mol. The summed E-state index contributed by atoms with van der Waals surface area (Å²) in [5, 5.41) is 37.4. The second kappa shape index (κ2) is 5.90. The highest BCUT2D eigenvalue weighted by Crippen LogP contribution is 2.22. The van der Waals surface area contributed by atoms with Gasteiger partial charge in [0.1, 0.15) is 24.4 Å². The maximum atomic E-state index is 9.70. The fourth-order valence-electron chi connectivity index (χ4n) is 1.58. The summed E-state index contributed by atoms with van der Waals surface area (Å²) in [5.74, 6) is 0.260. The van der Waals surface area contributed by atoms with E-state index in [0.717, 1.165) is 0 Å². The Balaban J connectivity index is 2.62. The van der Waals surface area contributed by atoms with Crippen LogP contribution in [-0.2, 0) is 9.47 Å². The highest BCUT2D eigenvalue weighted by Gasteiger charge is 2.44. The van der Waals surface area contributed by atoms with Crippen LogP contribution in [0.5, 0.6) is 0 Å². The molecule has 96 valence electrons. The summed E-state index contributed by atoms with van der Waals surface area (Å²) in [6.07, 6.45) is -5.83. The highest BCUT2D eigenvalue weighted by atomic mass is 16.7. The first-order valence-corrected chi connectivity index (χ1v) is 5.39. The lowest BCUT2D eigenvalue weighted by Gasteiger charge is -2.40. The second-order valence-electron chi connectivity index (χ2n) is 4.42. The molecule has 0 spiro atoms. The maximum Gasteiger partial charge on any atom is 0.184 e. The van der Waals surface area contributed by atoms with Gasteiger partial charge < -0.3 is 29.9 Å². The minimum atomic E-state index is -1.49. The molecule has 2 unspecified atom stereocenters. The van der Waals surface area contributed by atoms with Crippen LogP contribution in [0.2, 0.25) is 0 Å². The molecule has 0 radical (unpaired) electrons. The van der Waals surface area contributed by atoms with Crippen molar-refractivity contribution >= 4 is 0 Å². The van der Waals surface area contributed by atoms with E-state index in [0.29, 0.717) is 6.61 Å². The molecular formula is C10H20O6. The normalized spacial score (nSPS) is 40.3. The number of aliphatic hydroxyl groups excluding tert-OH is 4. The van der Waals surface area contributed by atoms with Crippen molar-refractivity contribution in [3.8, 4) is 0 Å². The van der Waals surface area contributed by atoms with Gasteiger partial charge in [-0.15, -0.1) is 0 Å². The number of ether oxygens (including phenoxy) is 2. The van der Waals surface area contributed by atoms with Crippen LogP contribution in [0.1, 0.15) is 13.8 Å². The van der Waals surface area contributed by atoms with Gasteiger partial charge in [0.2, 0.25) is 0 Å². The number of hydrogen-bond donors (Lipinski definition) is 4. The van der Waals surface area contributed by atoms with E-state index >= 15 is 0 Å². The van der Waals surface area contributed by atoms with Gasteiger partial charge in [0.15, 0.2) is 6.29 Å². The fraction of sp³-hybridized carbons (Fsp3) is 1.00. The van der Waals surface area contributed by atoms with Crippen molar-refractivity contribution in [2.24, 2.45) is 5.92 Å². The predicted molar refractivity (Wildman–Crippen MR) is 54.6 cm³/mol. The van der Waals surface area contributed by atoms with Gasteiger partial charge in [-0.2, -0.15) is 0 Å². The summed E-state index contributed by atoms with van der Waals surface area (Å²) < 4.78 is 10.3. The average Bonchev–Trinajstić information content (AvgIpc) is 2.23. The predicted octanol–water partition coefficient (Wildman–Crippen LogP) is -1.54. The van der Waals surface area contributed by atoms with Gasteiger partial charge in [-0.3, -0.25) is 0 Å². The summed E-state index contributed by atoms with van der Waals surface area (Å²) in [6.45, 7) is 3.87. The SMILES string of the molecule is CC(C)CO[C@@H]1C(CO)O[C@H](O)C(O)[C@H]1O. The van der Waals surface area contributed by atoms with Crippen LogP contribution in [0, 0.1) is 5.92 Å². The molecule has 16 heavy (non-hydrogen) atoms. The van der Waals surface area contributed by atoms with Crippen LogP contribution in [0.25, 0.3) is 0 Å². The molecular weight excluding hydrogens is 216 g/mol. The van der Waals surface area contributed by atoms with Crippen molar-refractivity contribution in [2.45, 2.75) is 44.6 Å². The topological polar surface area (TPSA) is 99.4 Å². The van der Waals surface area contributed by atoms with Gasteiger partial charge in [-0.1, -0.05) is 13.8 Å². The van der Waals surface area contributed by atoms with Crippen LogP contribution >= 0.6 is 0 Å². The van der Waals surface area contributed by atoms with Crippen LogP contribution in [0.3, 0.4) is 0 Å². The Kier molecular flexibility index (Phi) is 5.10. The zero-order chi connectivity index (χ0) is 12.3. The molecule has 6 nitrogen and oxygen atoms in total. The molecule has 1 aliphatic rings. The highest BCUT2D eigenvalue weighted by molar-refractivity contribution is 4.89. The first-order chi connectivity index (χ1) is 7.47. The zero-order valence-electron chi connectivity index (χ0n) is 9.48.